The van der Waals surface area contributed by atoms with Crippen molar-refractivity contribution in [2.24, 2.45) is 10.8 Å². The highest BCUT2D eigenvalue weighted by atomic mass is 16.6. The van der Waals surface area contributed by atoms with Gasteiger partial charge in [-0.1, -0.05) is 45.1 Å². The van der Waals surface area contributed by atoms with Crippen molar-refractivity contribution >= 4 is 11.8 Å². The van der Waals surface area contributed by atoms with E-state index >= 15 is 0 Å². The molecule has 1 aromatic rings. The third kappa shape index (κ3) is 3.47. The molecule has 0 amide bonds. The molecule has 1 aliphatic carbocycles. The molecule has 2 aliphatic rings. The van der Waals surface area contributed by atoms with Gasteiger partial charge >= 0.3 is 0 Å². The van der Waals surface area contributed by atoms with E-state index in [1.54, 1.807) is 18.2 Å². The van der Waals surface area contributed by atoms with Gasteiger partial charge in [-0.2, -0.15) is 0 Å². The number of hydrogen-bond acceptors (Lipinski definition) is 3. The molecule has 0 aromatic heterocycles. The molecule has 1 heterocycles. The molecule has 3 rings (SSSR count). The van der Waals surface area contributed by atoms with Crippen molar-refractivity contribution in [3.63, 3.8) is 0 Å². The van der Waals surface area contributed by atoms with Crippen LogP contribution in [0.25, 0.3) is 6.08 Å². The van der Waals surface area contributed by atoms with Crippen LogP contribution in [0.2, 0.25) is 0 Å². The maximum atomic E-state index is 11.1. The fraction of sp³-hybridized carbons (Fsp3) is 0.579. The van der Waals surface area contributed by atoms with Crippen LogP contribution in [-0.4, -0.2) is 29.0 Å². The molecule has 124 valence electrons. The van der Waals surface area contributed by atoms with Gasteiger partial charge in [-0.3, -0.25) is 15.0 Å². The quantitative estimate of drug-likeness (QED) is 0.607. The van der Waals surface area contributed by atoms with Crippen molar-refractivity contribution in [3.8, 4) is 0 Å². The Bertz CT molecular complexity index is 638. The van der Waals surface area contributed by atoms with Crippen LogP contribution in [0, 0.1) is 20.9 Å². The Labute approximate surface area is 138 Å². The Morgan fingerprint density at radius 1 is 1.30 bits per heavy atom. The second kappa shape index (κ2) is 5.75. The smallest absolute Gasteiger partial charge is 0.276 e. The van der Waals surface area contributed by atoms with E-state index in [4.69, 9.17) is 0 Å². The maximum Gasteiger partial charge on any atom is 0.276 e. The molecule has 0 radical (unpaired) electrons. The molecule has 2 atom stereocenters. The molecule has 0 spiro atoms. The van der Waals surface area contributed by atoms with Crippen LogP contribution in [0.5, 0.6) is 0 Å². The van der Waals surface area contributed by atoms with E-state index < -0.39 is 0 Å². The molecule has 0 N–H and O–H groups in total. The van der Waals surface area contributed by atoms with Crippen molar-refractivity contribution in [2.75, 3.05) is 13.1 Å². The molecule has 1 saturated heterocycles. The fourth-order valence-corrected chi connectivity index (χ4v) is 4.90. The summed E-state index contributed by atoms with van der Waals surface area (Å²) in [4.78, 5) is 13.3. The van der Waals surface area contributed by atoms with Crippen molar-refractivity contribution < 1.29 is 4.92 Å². The summed E-state index contributed by atoms with van der Waals surface area (Å²) in [5.74, 6) is 0. The average Bonchev–Trinajstić information content (AvgIpc) is 2.68. The SMILES string of the molecule is CC1(C)C[C@@H]2C[C@@](C)(CN2C/C=C/c2ccccc2[N+](=O)[O-])C1. The van der Waals surface area contributed by atoms with Crippen LogP contribution >= 0.6 is 0 Å². The summed E-state index contributed by atoms with van der Waals surface area (Å²) in [5, 5.41) is 11.1. The van der Waals surface area contributed by atoms with Crippen LogP contribution in [0.4, 0.5) is 5.69 Å². The minimum Gasteiger partial charge on any atom is -0.296 e. The van der Waals surface area contributed by atoms with E-state index in [9.17, 15) is 10.1 Å². The summed E-state index contributed by atoms with van der Waals surface area (Å²) in [6.45, 7) is 9.19. The topological polar surface area (TPSA) is 46.4 Å². The Hall–Kier alpha value is -1.68. The third-order valence-corrected chi connectivity index (χ3v) is 5.29. The Morgan fingerprint density at radius 3 is 2.78 bits per heavy atom. The lowest BCUT2D eigenvalue weighted by Crippen LogP contribution is -2.34. The first kappa shape index (κ1) is 16.2. The van der Waals surface area contributed by atoms with Crippen LogP contribution in [0.15, 0.2) is 30.3 Å². The predicted molar refractivity (Wildman–Crippen MR) is 93.2 cm³/mol. The largest absolute Gasteiger partial charge is 0.296 e. The first-order valence-corrected chi connectivity index (χ1v) is 8.42. The van der Waals surface area contributed by atoms with Crippen LogP contribution in [0.1, 0.15) is 45.6 Å². The van der Waals surface area contributed by atoms with E-state index in [1.807, 2.05) is 12.1 Å². The molecule has 1 saturated carbocycles. The van der Waals surface area contributed by atoms with Gasteiger partial charge in [0, 0.05) is 25.2 Å². The van der Waals surface area contributed by atoms with E-state index in [0.29, 0.717) is 22.4 Å². The van der Waals surface area contributed by atoms with Gasteiger partial charge in [0.15, 0.2) is 0 Å². The zero-order chi connectivity index (χ0) is 16.7. The number of rotatable bonds is 4. The summed E-state index contributed by atoms with van der Waals surface area (Å²) < 4.78 is 0. The van der Waals surface area contributed by atoms with Gasteiger partial charge in [0.2, 0.25) is 0 Å². The summed E-state index contributed by atoms with van der Waals surface area (Å²) >= 11 is 0. The van der Waals surface area contributed by atoms with Crippen molar-refractivity contribution in [1.29, 1.82) is 0 Å². The molecule has 23 heavy (non-hydrogen) atoms. The molecule has 0 unspecified atom stereocenters. The van der Waals surface area contributed by atoms with E-state index in [1.165, 1.54) is 19.3 Å². The number of nitro benzene ring substituents is 1. The lowest BCUT2D eigenvalue weighted by molar-refractivity contribution is -0.385. The Kier molecular flexibility index (Phi) is 4.05. The normalized spacial score (nSPS) is 30.0. The summed E-state index contributed by atoms with van der Waals surface area (Å²) in [6, 6.07) is 7.58. The predicted octanol–water partition coefficient (Wildman–Crippen LogP) is 4.51. The van der Waals surface area contributed by atoms with E-state index in [0.717, 1.165) is 13.1 Å². The average molecular weight is 314 g/mol. The van der Waals surface area contributed by atoms with Crippen molar-refractivity contribution in [1.82, 2.24) is 4.90 Å². The fourth-order valence-electron chi connectivity index (χ4n) is 4.90. The Morgan fingerprint density at radius 2 is 2.04 bits per heavy atom. The molecule has 4 heteroatoms. The van der Waals surface area contributed by atoms with Crippen molar-refractivity contribution in [2.45, 2.75) is 46.1 Å². The molecule has 2 bridgehead atoms. The standard InChI is InChI=1S/C19H26N2O2/c1-18(2)11-16-12-19(3,13-18)14-20(16)10-6-8-15-7-4-5-9-17(15)21(22)23/h4-9,16H,10-14H2,1-3H3/b8-6+/t16-,19-/m1/s1. The molecular formula is C19H26N2O2. The minimum atomic E-state index is -0.313. The van der Waals surface area contributed by atoms with Gasteiger partial charge in [-0.15, -0.1) is 0 Å². The molecular weight excluding hydrogens is 288 g/mol. The summed E-state index contributed by atoms with van der Waals surface area (Å²) in [5.41, 5.74) is 1.72. The lowest BCUT2D eigenvalue weighted by Gasteiger charge is -2.39. The number of hydrogen-bond donors (Lipinski definition) is 0. The minimum absolute atomic E-state index is 0.178. The summed E-state index contributed by atoms with van der Waals surface area (Å²) in [7, 11) is 0. The highest BCUT2D eigenvalue weighted by molar-refractivity contribution is 5.60. The van der Waals surface area contributed by atoms with Gasteiger partial charge < -0.3 is 0 Å². The number of fused-ring (bicyclic) bond motifs is 2. The van der Waals surface area contributed by atoms with E-state index in [-0.39, 0.29) is 10.6 Å². The highest BCUT2D eigenvalue weighted by Gasteiger charge is 2.48. The monoisotopic (exact) mass is 314 g/mol. The molecule has 1 aliphatic heterocycles. The molecule has 2 fully saturated rings. The van der Waals surface area contributed by atoms with Gasteiger partial charge in [-0.25, -0.2) is 0 Å². The zero-order valence-corrected chi connectivity index (χ0v) is 14.3. The maximum absolute atomic E-state index is 11.1. The first-order chi connectivity index (χ1) is 10.8. The van der Waals surface area contributed by atoms with Gasteiger partial charge in [-0.05, 0) is 36.2 Å². The number of nitro groups is 1. The van der Waals surface area contributed by atoms with Crippen LogP contribution in [-0.2, 0) is 0 Å². The number of likely N-dealkylation sites (tertiary alicyclic amines) is 1. The third-order valence-electron chi connectivity index (χ3n) is 5.29. The molecule has 1 aromatic carbocycles. The van der Waals surface area contributed by atoms with Gasteiger partial charge in [0.05, 0.1) is 10.5 Å². The van der Waals surface area contributed by atoms with Crippen LogP contribution in [0.3, 0.4) is 0 Å². The van der Waals surface area contributed by atoms with Gasteiger partial charge in [0.25, 0.3) is 5.69 Å². The second-order valence-electron chi connectivity index (χ2n) is 8.36. The number of para-hydroxylation sites is 1. The number of benzene rings is 1. The van der Waals surface area contributed by atoms with Crippen molar-refractivity contribution in [3.05, 3.63) is 46.0 Å². The molecule has 4 nitrogen and oxygen atoms in total. The number of nitrogens with zero attached hydrogens (tertiary/aromatic N) is 2. The van der Waals surface area contributed by atoms with Crippen LogP contribution < -0.4 is 0 Å². The Balaban J connectivity index is 1.69. The summed E-state index contributed by atoms with van der Waals surface area (Å²) in [6.07, 6.45) is 7.81. The lowest BCUT2D eigenvalue weighted by atomic mass is 9.65. The highest BCUT2D eigenvalue weighted by Crippen LogP contribution is 2.52. The second-order valence-corrected chi connectivity index (χ2v) is 8.36. The van der Waals surface area contributed by atoms with Gasteiger partial charge in [0.1, 0.15) is 0 Å². The zero-order valence-electron chi connectivity index (χ0n) is 14.3. The first-order valence-electron chi connectivity index (χ1n) is 8.42. The van der Waals surface area contributed by atoms with E-state index in [2.05, 4.69) is 31.7 Å².